The third-order valence-corrected chi connectivity index (χ3v) is 4.65. The minimum absolute atomic E-state index is 0.213. The van der Waals surface area contributed by atoms with Crippen molar-refractivity contribution in [3.63, 3.8) is 0 Å². The number of likely N-dealkylation sites (tertiary alicyclic amines) is 1. The van der Waals surface area contributed by atoms with Crippen molar-refractivity contribution in [3.05, 3.63) is 4.88 Å². The minimum atomic E-state index is -0.531. The van der Waals surface area contributed by atoms with Gasteiger partial charge in [-0.25, -0.2) is 4.98 Å². The Labute approximate surface area is 121 Å². The monoisotopic (exact) mass is 297 g/mol. The van der Waals surface area contributed by atoms with Crippen LogP contribution in [0.25, 0.3) is 0 Å². The van der Waals surface area contributed by atoms with Crippen LogP contribution in [0.2, 0.25) is 0 Å². The lowest BCUT2D eigenvalue weighted by molar-refractivity contribution is -0.121. The molecule has 0 saturated carbocycles. The highest BCUT2D eigenvalue weighted by atomic mass is 32.1. The second kappa shape index (κ2) is 5.66. The molecule has 1 aliphatic heterocycles. The average Bonchev–Trinajstić information content (AvgIpc) is 3.03. The maximum absolute atomic E-state index is 12.5. The van der Waals surface area contributed by atoms with Crippen molar-refractivity contribution in [2.24, 2.45) is 5.73 Å². The number of hydrogen-bond donors (Lipinski definition) is 2. The zero-order valence-electron chi connectivity index (χ0n) is 11.6. The summed E-state index contributed by atoms with van der Waals surface area (Å²) in [4.78, 5) is 31.9. The topological polar surface area (TPSA) is 106 Å². The van der Waals surface area contributed by atoms with Crippen LogP contribution in [0.1, 0.15) is 29.4 Å². The summed E-state index contributed by atoms with van der Waals surface area (Å²) in [5, 5.41) is 0.697. The molecule has 8 heteroatoms. The molecule has 1 aromatic heterocycles. The van der Waals surface area contributed by atoms with Gasteiger partial charge in [0.15, 0.2) is 5.13 Å². The number of nitrogens with two attached hydrogens (primary N) is 2. The first kappa shape index (κ1) is 14.6. The van der Waals surface area contributed by atoms with Gasteiger partial charge in [-0.3, -0.25) is 9.59 Å². The number of carbonyl (C=O) groups is 2. The summed E-state index contributed by atoms with van der Waals surface area (Å²) >= 11 is 1.25. The maximum Gasteiger partial charge on any atom is 0.268 e. The van der Waals surface area contributed by atoms with Crippen molar-refractivity contribution < 1.29 is 9.59 Å². The fourth-order valence-corrected chi connectivity index (χ4v) is 3.17. The van der Waals surface area contributed by atoms with Crippen molar-refractivity contribution in [2.45, 2.75) is 25.8 Å². The molecule has 7 nitrogen and oxygen atoms in total. The molecule has 2 heterocycles. The fraction of sp³-hybridized carbons (Fsp3) is 0.583. The van der Waals surface area contributed by atoms with Gasteiger partial charge in [-0.2, -0.15) is 0 Å². The zero-order valence-corrected chi connectivity index (χ0v) is 12.4. The highest BCUT2D eigenvalue weighted by Crippen LogP contribution is 2.30. The average molecular weight is 297 g/mol. The Balaban J connectivity index is 2.25. The van der Waals surface area contributed by atoms with Crippen LogP contribution in [0.4, 0.5) is 10.9 Å². The molecule has 0 spiro atoms. The Morgan fingerprint density at radius 3 is 2.85 bits per heavy atom. The summed E-state index contributed by atoms with van der Waals surface area (Å²) in [5.74, 6) is -0.507. The predicted molar refractivity (Wildman–Crippen MR) is 78.7 cm³/mol. The molecule has 1 atom stereocenters. The van der Waals surface area contributed by atoms with Crippen LogP contribution >= 0.6 is 11.3 Å². The molecule has 110 valence electrons. The summed E-state index contributed by atoms with van der Waals surface area (Å²) < 4.78 is 0. The summed E-state index contributed by atoms with van der Waals surface area (Å²) in [5.41, 5.74) is 11.2. The molecule has 2 rings (SSSR count). The third-order valence-electron chi connectivity index (χ3n) is 3.48. The summed E-state index contributed by atoms with van der Waals surface area (Å²) in [6.45, 7) is 3.29. The van der Waals surface area contributed by atoms with Crippen molar-refractivity contribution in [1.29, 1.82) is 0 Å². The number of hydrogen-bond acceptors (Lipinski definition) is 6. The molecular formula is C12H19N5O2S. The molecule has 0 radical (unpaired) electrons. The Morgan fingerprint density at radius 2 is 2.25 bits per heavy atom. The SMILES string of the molecule is CCN(C)c1nc(N)c(C(=O)N2CCCC2C(N)=O)s1. The van der Waals surface area contributed by atoms with Gasteiger partial charge in [0.05, 0.1) is 0 Å². The smallest absolute Gasteiger partial charge is 0.268 e. The number of carbonyl (C=O) groups excluding carboxylic acids is 2. The van der Waals surface area contributed by atoms with E-state index >= 15 is 0 Å². The van der Waals surface area contributed by atoms with Crippen LogP contribution in [0.5, 0.6) is 0 Å². The van der Waals surface area contributed by atoms with Crippen molar-refractivity contribution >= 4 is 34.1 Å². The van der Waals surface area contributed by atoms with Crippen molar-refractivity contribution in [1.82, 2.24) is 9.88 Å². The number of nitrogen functional groups attached to an aromatic ring is 1. The summed E-state index contributed by atoms with van der Waals surface area (Å²) in [6.07, 6.45) is 1.39. The Bertz CT molecular complexity index is 530. The van der Waals surface area contributed by atoms with E-state index in [0.29, 0.717) is 23.0 Å². The highest BCUT2D eigenvalue weighted by molar-refractivity contribution is 7.18. The van der Waals surface area contributed by atoms with Gasteiger partial charge in [0.25, 0.3) is 5.91 Å². The lowest BCUT2D eigenvalue weighted by atomic mass is 10.2. The van der Waals surface area contributed by atoms with Gasteiger partial charge in [0.2, 0.25) is 5.91 Å². The molecule has 20 heavy (non-hydrogen) atoms. The first-order valence-electron chi connectivity index (χ1n) is 6.53. The molecule has 2 amide bonds. The van der Waals surface area contributed by atoms with Crippen LogP contribution in [-0.4, -0.2) is 47.9 Å². The van der Waals surface area contributed by atoms with E-state index < -0.39 is 11.9 Å². The van der Waals surface area contributed by atoms with Gasteiger partial charge < -0.3 is 21.3 Å². The van der Waals surface area contributed by atoms with E-state index in [0.717, 1.165) is 13.0 Å². The van der Waals surface area contributed by atoms with E-state index in [9.17, 15) is 9.59 Å². The first-order valence-corrected chi connectivity index (χ1v) is 7.35. The van der Waals surface area contributed by atoms with E-state index in [-0.39, 0.29) is 11.7 Å². The van der Waals surface area contributed by atoms with E-state index in [1.165, 1.54) is 16.2 Å². The van der Waals surface area contributed by atoms with Gasteiger partial charge >= 0.3 is 0 Å². The summed E-state index contributed by atoms with van der Waals surface area (Å²) in [6, 6.07) is -0.531. The maximum atomic E-state index is 12.5. The van der Waals surface area contributed by atoms with Crippen LogP contribution < -0.4 is 16.4 Å². The third kappa shape index (κ3) is 2.55. The molecule has 1 fully saturated rings. The van der Waals surface area contributed by atoms with Gasteiger partial charge in [-0.1, -0.05) is 11.3 Å². The largest absolute Gasteiger partial charge is 0.382 e. The molecule has 1 saturated heterocycles. The molecule has 0 aromatic carbocycles. The van der Waals surface area contributed by atoms with Crippen molar-refractivity contribution in [2.75, 3.05) is 30.8 Å². The molecule has 1 aliphatic rings. The van der Waals surface area contributed by atoms with Gasteiger partial charge in [0, 0.05) is 20.1 Å². The number of thiazole rings is 1. The highest BCUT2D eigenvalue weighted by Gasteiger charge is 2.35. The van der Waals surface area contributed by atoms with Crippen LogP contribution in [0, 0.1) is 0 Å². The summed E-state index contributed by atoms with van der Waals surface area (Å²) in [7, 11) is 1.88. The molecule has 4 N–H and O–H groups in total. The van der Waals surface area contributed by atoms with Gasteiger partial charge in [-0.15, -0.1) is 0 Å². The van der Waals surface area contributed by atoms with E-state index in [2.05, 4.69) is 4.98 Å². The van der Waals surface area contributed by atoms with E-state index in [4.69, 9.17) is 11.5 Å². The van der Waals surface area contributed by atoms with Crippen LogP contribution in [-0.2, 0) is 4.79 Å². The molecular weight excluding hydrogens is 278 g/mol. The van der Waals surface area contributed by atoms with E-state index in [1.807, 2.05) is 18.9 Å². The lowest BCUT2D eigenvalue weighted by Crippen LogP contribution is -2.43. The number of primary amides is 1. The fourth-order valence-electron chi connectivity index (χ4n) is 2.21. The standard InChI is InChI=1S/C12H19N5O2S/c1-3-16(2)12-15-9(13)8(20-12)11(19)17-6-4-5-7(17)10(14)18/h7H,3-6,13H2,1-2H3,(H2,14,18). The Kier molecular flexibility index (Phi) is 4.12. The second-order valence-corrected chi connectivity index (χ2v) is 5.76. The Hall–Kier alpha value is -1.83. The first-order chi connectivity index (χ1) is 9.45. The number of amides is 2. The number of nitrogens with zero attached hydrogens (tertiary/aromatic N) is 3. The minimum Gasteiger partial charge on any atom is -0.382 e. The second-order valence-electron chi connectivity index (χ2n) is 4.78. The van der Waals surface area contributed by atoms with Gasteiger partial charge in [0.1, 0.15) is 16.7 Å². The molecule has 1 aromatic rings. The molecule has 0 aliphatic carbocycles. The molecule has 0 bridgehead atoms. The van der Waals surface area contributed by atoms with E-state index in [1.54, 1.807) is 0 Å². The van der Waals surface area contributed by atoms with Crippen molar-refractivity contribution in [3.8, 4) is 0 Å². The number of rotatable bonds is 4. The normalized spacial score (nSPS) is 18.3. The van der Waals surface area contributed by atoms with Crippen LogP contribution in [0.3, 0.4) is 0 Å². The molecule has 1 unspecified atom stereocenters. The Morgan fingerprint density at radius 1 is 1.55 bits per heavy atom. The number of aromatic nitrogens is 1. The number of anilines is 2. The quantitative estimate of drug-likeness (QED) is 0.830. The zero-order chi connectivity index (χ0) is 14.9. The lowest BCUT2D eigenvalue weighted by Gasteiger charge is -2.21. The van der Waals surface area contributed by atoms with Gasteiger partial charge in [-0.05, 0) is 19.8 Å². The predicted octanol–water partition coefficient (Wildman–Crippen LogP) is 0.271. The van der Waals surface area contributed by atoms with Crippen LogP contribution in [0.15, 0.2) is 0 Å².